The summed E-state index contributed by atoms with van der Waals surface area (Å²) in [6.45, 7) is 0.139. The standard InChI is InChI=1S/C22H19N3O4/c1-27-19-9-7-17(8-10-19)22(14-28-20(25-22)21(26)29-23)18-6-2-4-15(12-18)16-5-3-11-24-13-16/h2-13H,14,23H2,1H3/t22-/m0/s1. The summed E-state index contributed by atoms with van der Waals surface area (Å²) in [5.41, 5.74) is 2.75. The van der Waals surface area contributed by atoms with E-state index in [-0.39, 0.29) is 12.5 Å². The third kappa shape index (κ3) is 3.43. The molecule has 29 heavy (non-hydrogen) atoms. The van der Waals surface area contributed by atoms with E-state index in [1.54, 1.807) is 19.5 Å². The monoisotopic (exact) mass is 389 g/mol. The van der Waals surface area contributed by atoms with Crippen molar-refractivity contribution < 1.29 is 19.1 Å². The zero-order valence-corrected chi connectivity index (χ0v) is 15.7. The fourth-order valence-electron chi connectivity index (χ4n) is 3.38. The van der Waals surface area contributed by atoms with E-state index in [0.717, 1.165) is 28.0 Å². The molecule has 1 aromatic heterocycles. The molecule has 0 bridgehead atoms. The summed E-state index contributed by atoms with van der Waals surface area (Å²) in [5, 5.41) is 0. The molecule has 1 aliphatic heterocycles. The number of methoxy groups -OCH3 is 1. The zero-order valence-electron chi connectivity index (χ0n) is 15.7. The molecular weight excluding hydrogens is 370 g/mol. The first-order chi connectivity index (χ1) is 14.2. The molecule has 2 heterocycles. The van der Waals surface area contributed by atoms with Crippen LogP contribution in [0.2, 0.25) is 0 Å². The second-order valence-electron chi connectivity index (χ2n) is 6.52. The van der Waals surface area contributed by atoms with Gasteiger partial charge in [-0.1, -0.05) is 36.4 Å². The second-order valence-corrected chi connectivity index (χ2v) is 6.52. The molecule has 146 valence electrons. The Morgan fingerprint density at radius 1 is 1.07 bits per heavy atom. The predicted molar refractivity (Wildman–Crippen MR) is 107 cm³/mol. The van der Waals surface area contributed by atoms with Crippen molar-refractivity contribution in [3.05, 3.63) is 84.2 Å². The van der Waals surface area contributed by atoms with Gasteiger partial charge in [0, 0.05) is 12.4 Å². The summed E-state index contributed by atoms with van der Waals surface area (Å²) in [6, 6.07) is 19.3. The summed E-state index contributed by atoms with van der Waals surface area (Å²) in [5.74, 6) is 4.77. The van der Waals surface area contributed by atoms with Crippen molar-refractivity contribution in [1.29, 1.82) is 0 Å². The van der Waals surface area contributed by atoms with Crippen LogP contribution in [0.1, 0.15) is 11.1 Å². The quantitative estimate of drug-likeness (QED) is 0.674. The van der Waals surface area contributed by atoms with E-state index < -0.39 is 11.5 Å². The van der Waals surface area contributed by atoms with Crippen molar-refractivity contribution in [2.24, 2.45) is 10.9 Å². The molecule has 4 rings (SSSR count). The van der Waals surface area contributed by atoms with Gasteiger partial charge in [0.05, 0.1) is 7.11 Å². The van der Waals surface area contributed by atoms with Crippen molar-refractivity contribution in [2.75, 3.05) is 13.7 Å². The number of ether oxygens (including phenoxy) is 2. The van der Waals surface area contributed by atoms with Crippen LogP contribution in [0.25, 0.3) is 11.1 Å². The van der Waals surface area contributed by atoms with Crippen LogP contribution in [0.15, 0.2) is 78.0 Å². The Hall–Kier alpha value is -3.71. The van der Waals surface area contributed by atoms with Crippen LogP contribution in [-0.2, 0) is 19.9 Å². The molecule has 7 heteroatoms. The van der Waals surface area contributed by atoms with Crippen molar-refractivity contribution in [2.45, 2.75) is 5.54 Å². The van der Waals surface area contributed by atoms with E-state index in [4.69, 9.17) is 15.4 Å². The van der Waals surface area contributed by atoms with E-state index in [2.05, 4.69) is 14.8 Å². The normalized spacial score (nSPS) is 17.9. The van der Waals surface area contributed by atoms with Crippen molar-refractivity contribution in [1.82, 2.24) is 4.98 Å². The maximum Gasteiger partial charge on any atom is 0.412 e. The van der Waals surface area contributed by atoms with Gasteiger partial charge < -0.3 is 14.3 Å². The number of aromatic nitrogens is 1. The number of carbonyl (C=O) groups is 1. The molecule has 2 aromatic carbocycles. The number of hydrogen-bond donors (Lipinski definition) is 1. The lowest BCUT2D eigenvalue weighted by molar-refractivity contribution is -0.137. The Morgan fingerprint density at radius 3 is 2.55 bits per heavy atom. The van der Waals surface area contributed by atoms with E-state index in [1.165, 1.54) is 0 Å². The molecule has 2 N–H and O–H groups in total. The average Bonchev–Trinajstić information content (AvgIpc) is 3.26. The van der Waals surface area contributed by atoms with Gasteiger partial charge in [-0.2, -0.15) is 5.90 Å². The SMILES string of the molecule is COc1ccc([C@]2(c3cccc(-c4cccnc4)c3)COC(C(=O)ON)=N2)cc1. The fourth-order valence-corrected chi connectivity index (χ4v) is 3.38. The van der Waals surface area contributed by atoms with Gasteiger partial charge in [0.25, 0.3) is 5.90 Å². The molecule has 0 fully saturated rings. The zero-order chi connectivity index (χ0) is 20.3. The second kappa shape index (κ2) is 7.73. The minimum absolute atomic E-state index is 0.139. The van der Waals surface area contributed by atoms with Crippen LogP contribution in [0.4, 0.5) is 0 Å². The number of benzene rings is 2. The largest absolute Gasteiger partial charge is 0.497 e. The smallest absolute Gasteiger partial charge is 0.412 e. The van der Waals surface area contributed by atoms with E-state index >= 15 is 0 Å². The number of nitrogens with zero attached hydrogens (tertiary/aromatic N) is 2. The van der Waals surface area contributed by atoms with Gasteiger partial charge in [0.15, 0.2) is 0 Å². The van der Waals surface area contributed by atoms with Crippen molar-refractivity contribution in [3.63, 3.8) is 0 Å². The number of carbonyl (C=O) groups excluding carboxylic acids is 1. The van der Waals surface area contributed by atoms with Gasteiger partial charge in [0.2, 0.25) is 0 Å². The summed E-state index contributed by atoms with van der Waals surface area (Å²) in [6.07, 6.45) is 3.52. The van der Waals surface area contributed by atoms with Crippen LogP contribution in [-0.4, -0.2) is 30.6 Å². The van der Waals surface area contributed by atoms with Crippen molar-refractivity contribution >= 4 is 11.9 Å². The highest BCUT2D eigenvalue weighted by atomic mass is 16.7. The number of rotatable bonds is 5. The first-order valence-electron chi connectivity index (χ1n) is 8.95. The summed E-state index contributed by atoms with van der Waals surface area (Å²) in [4.78, 5) is 25.0. The predicted octanol–water partition coefficient (Wildman–Crippen LogP) is 2.85. The number of pyridine rings is 1. The summed E-state index contributed by atoms with van der Waals surface area (Å²) >= 11 is 0. The van der Waals surface area contributed by atoms with Gasteiger partial charge >= 0.3 is 5.97 Å². The summed E-state index contributed by atoms with van der Waals surface area (Å²) < 4.78 is 10.8. The van der Waals surface area contributed by atoms with Gasteiger partial charge in [-0.3, -0.25) is 4.98 Å². The molecule has 0 spiro atoms. The number of hydrogen-bond acceptors (Lipinski definition) is 7. The topological polar surface area (TPSA) is 96.0 Å². The molecule has 3 aromatic rings. The van der Waals surface area contributed by atoms with Gasteiger partial charge in [-0.05, 0) is 46.5 Å². The molecule has 0 saturated heterocycles. The van der Waals surface area contributed by atoms with Crippen LogP contribution >= 0.6 is 0 Å². The Balaban J connectivity index is 1.86. The molecule has 0 saturated carbocycles. The molecule has 1 atom stereocenters. The highest BCUT2D eigenvalue weighted by Gasteiger charge is 2.43. The van der Waals surface area contributed by atoms with E-state index in [0.29, 0.717) is 0 Å². The Labute approximate surface area is 167 Å². The summed E-state index contributed by atoms with van der Waals surface area (Å²) in [7, 11) is 1.61. The molecule has 0 unspecified atom stereocenters. The van der Waals surface area contributed by atoms with Crippen molar-refractivity contribution in [3.8, 4) is 16.9 Å². The minimum Gasteiger partial charge on any atom is -0.497 e. The lowest BCUT2D eigenvalue weighted by atomic mass is 9.83. The maximum absolute atomic E-state index is 11.9. The van der Waals surface area contributed by atoms with Crippen LogP contribution < -0.4 is 10.6 Å². The molecule has 0 aliphatic carbocycles. The van der Waals surface area contributed by atoms with E-state index in [1.807, 2.05) is 60.7 Å². The van der Waals surface area contributed by atoms with Crippen LogP contribution in [0, 0.1) is 0 Å². The highest BCUT2D eigenvalue weighted by molar-refractivity contribution is 6.33. The Kier molecular flexibility index (Phi) is 4.97. The minimum atomic E-state index is -0.923. The molecule has 1 aliphatic rings. The van der Waals surface area contributed by atoms with Gasteiger partial charge in [0.1, 0.15) is 17.9 Å². The van der Waals surface area contributed by atoms with Gasteiger partial charge in [-0.15, -0.1) is 0 Å². The van der Waals surface area contributed by atoms with E-state index in [9.17, 15) is 4.79 Å². The number of nitrogens with two attached hydrogens (primary N) is 1. The molecular formula is C22H19N3O4. The molecule has 0 amide bonds. The lowest BCUT2D eigenvalue weighted by Gasteiger charge is -2.26. The first-order valence-corrected chi connectivity index (χ1v) is 8.95. The molecule has 7 nitrogen and oxygen atoms in total. The number of aliphatic imine (C=N–C) groups is 1. The maximum atomic E-state index is 11.9. The highest BCUT2D eigenvalue weighted by Crippen LogP contribution is 2.40. The van der Waals surface area contributed by atoms with Crippen LogP contribution in [0.5, 0.6) is 5.75 Å². The van der Waals surface area contributed by atoms with Gasteiger partial charge in [-0.25, -0.2) is 9.79 Å². The Bertz CT molecular complexity index is 1050. The van der Waals surface area contributed by atoms with Crippen LogP contribution in [0.3, 0.4) is 0 Å². The third-order valence-electron chi connectivity index (χ3n) is 4.89. The molecule has 0 radical (unpaired) electrons. The first kappa shape index (κ1) is 18.6. The Morgan fingerprint density at radius 2 is 1.86 bits per heavy atom. The fraction of sp³-hybridized carbons (Fsp3) is 0.136. The third-order valence-corrected chi connectivity index (χ3v) is 4.89. The lowest BCUT2D eigenvalue weighted by Crippen LogP contribution is -2.27. The average molecular weight is 389 g/mol.